The minimum absolute atomic E-state index is 0.0620. The van der Waals surface area contributed by atoms with Crippen molar-refractivity contribution in [1.82, 2.24) is 0 Å². The van der Waals surface area contributed by atoms with E-state index in [9.17, 15) is 0 Å². The standard InChI is InChI=1S/C16H22O/c1-10(2)14-12-8-7-11(3)9-13(12)17-15(14)16(4,5)6/h7-10H,1-6H3. The summed E-state index contributed by atoms with van der Waals surface area (Å²) in [7, 11) is 0. The van der Waals surface area contributed by atoms with Crippen molar-refractivity contribution in [3.63, 3.8) is 0 Å². The maximum absolute atomic E-state index is 6.11. The van der Waals surface area contributed by atoms with E-state index in [-0.39, 0.29) is 5.41 Å². The van der Waals surface area contributed by atoms with Gasteiger partial charge in [-0.05, 0) is 24.5 Å². The molecule has 1 heteroatoms. The zero-order chi connectivity index (χ0) is 12.8. The minimum Gasteiger partial charge on any atom is -0.460 e. The van der Waals surface area contributed by atoms with E-state index in [1.807, 2.05) is 0 Å². The molecule has 1 aromatic carbocycles. The third kappa shape index (κ3) is 2.11. The van der Waals surface area contributed by atoms with Crippen LogP contribution in [0.15, 0.2) is 22.6 Å². The maximum atomic E-state index is 6.11. The van der Waals surface area contributed by atoms with Crippen LogP contribution in [0.1, 0.15) is 57.4 Å². The van der Waals surface area contributed by atoms with Gasteiger partial charge in [0.05, 0.1) is 0 Å². The van der Waals surface area contributed by atoms with E-state index in [1.54, 1.807) is 0 Å². The van der Waals surface area contributed by atoms with Crippen molar-refractivity contribution in [2.45, 2.75) is 52.9 Å². The molecule has 17 heavy (non-hydrogen) atoms. The molecular formula is C16H22O. The van der Waals surface area contributed by atoms with E-state index in [2.05, 4.69) is 59.7 Å². The van der Waals surface area contributed by atoms with Gasteiger partial charge in [-0.2, -0.15) is 0 Å². The molecule has 2 aromatic rings. The van der Waals surface area contributed by atoms with Gasteiger partial charge in [0.1, 0.15) is 11.3 Å². The Hall–Kier alpha value is -1.24. The van der Waals surface area contributed by atoms with Crippen molar-refractivity contribution in [2.24, 2.45) is 0 Å². The number of furan rings is 1. The average Bonchev–Trinajstić information content (AvgIpc) is 2.55. The van der Waals surface area contributed by atoms with Crippen LogP contribution in [0.5, 0.6) is 0 Å². The molecular weight excluding hydrogens is 208 g/mol. The molecule has 0 unspecified atom stereocenters. The van der Waals surface area contributed by atoms with E-state index >= 15 is 0 Å². The third-order valence-electron chi connectivity index (χ3n) is 3.14. The predicted octanol–water partition coefficient (Wildman–Crippen LogP) is 5.16. The Balaban J connectivity index is 2.80. The zero-order valence-electron chi connectivity index (χ0n) is 11.7. The van der Waals surface area contributed by atoms with Crippen molar-refractivity contribution in [2.75, 3.05) is 0 Å². The summed E-state index contributed by atoms with van der Waals surface area (Å²) >= 11 is 0. The summed E-state index contributed by atoms with van der Waals surface area (Å²) in [5, 5.41) is 1.27. The minimum atomic E-state index is 0.0620. The highest BCUT2D eigenvalue weighted by Crippen LogP contribution is 2.38. The summed E-state index contributed by atoms with van der Waals surface area (Å²) < 4.78 is 6.11. The third-order valence-corrected chi connectivity index (χ3v) is 3.14. The molecule has 0 aliphatic heterocycles. The van der Waals surface area contributed by atoms with E-state index in [4.69, 9.17) is 4.42 Å². The Morgan fingerprint density at radius 1 is 1.12 bits per heavy atom. The van der Waals surface area contributed by atoms with Crippen molar-refractivity contribution < 1.29 is 4.42 Å². The van der Waals surface area contributed by atoms with Crippen LogP contribution in [0.3, 0.4) is 0 Å². The van der Waals surface area contributed by atoms with Gasteiger partial charge in [0.15, 0.2) is 0 Å². The number of hydrogen-bond acceptors (Lipinski definition) is 1. The second kappa shape index (κ2) is 3.90. The number of hydrogen-bond donors (Lipinski definition) is 0. The van der Waals surface area contributed by atoms with Crippen LogP contribution in [0.2, 0.25) is 0 Å². The molecule has 0 saturated carbocycles. The quantitative estimate of drug-likeness (QED) is 0.659. The monoisotopic (exact) mass is 230 g/mol. The Kier molecular flexibility index (Phi) is 2.81. The molecule has 92 valence electrons. The van der Waals surface area contributed by atoms with Gasteiger partial charge in [0.25, 0.3) is 0 Å². The molecule has 0 spiro atoms. The lowest BCUT2D eigenvalue weighted by Crippen LogP contribution is -2.12. The molecule has 0 radical (unpaired) electrons. The molecule has 0 fully saturated rings. The summed E-state index contributed by atoms with van der Waals surface area (Å²) in [4.78, 5) is 0. The molecule has 1 heterocycles. The fraction of sp³-hybridized carbons (Fsp3) is 0.500. The zero-order valence-corrected chi connectivity index (χ0v) is 11.7. The summed E-state index contributed by atoms with van der Waals surface area (Å²) in [5.41, 5.74) is 3.71. The van der Waals surface area contributed by atoms with Gasteiger partial charge in [-0.3, -0.25) is 0 Å². The van der Waals surface area contributed by atoms with Crippen molar-refractivity contribution in [1.29, 1.82) is 0 Å². The lowest BCUT2D eigenvalue weighted by Gasteiger charge is -2.19. The fourth-order valence-corrected chi connectivity index (χ4v) is 2.35. The van der Waals surface area contributed by atoms with Crippen molar-refractivity contribution in [3.8, 4) is 0 Å². The van der Waals surface area contributed by atoms with E-state index in [0.717, 1.165) is 11.3 Å². The van der Waals surface area contributed by atoms with E-state index in [1.165, 1.54) is 16.5 Å². The van der Waals surface area contributed by atoms with Crippen LogP contribution < -0.4 is 0 Å². The second-order valence-corrected chi connectivity index (χ2v) is 6.25. The lowest BCUT2D eigenvalue weighted by atomic mass is 9.86. The largest absolute Gasteiger partial charge is 0.460 e. The summed E-state index contributed by atoms with van der Waals surface area (Å²) in [6.45, 7) is 13.2. The molecule has 1 nitrogen and oxygen atoms in total. The molecule has 0 N–H and O–H groups in total. The molecule has 0 bridgehead atoms. The summed E-state index contributed by atoms with van der Waals surface area (Å²) in [6, 6.07) is 6.49. The first-order valence-electron chi connectivity index (χ1n) is 6.34. The van der Waals surface area contributed by atoms with Crippen LogP contribution in [0, 0.1) is 6.92 Å². The molecule has 0 saturated heterocycles. The highest BCUT2D eigenvalue weighted by atomic mass is 16.3. The Morgan fingerprint density at radius 2 is 1.76 bits per heavy atom. The van der Waals surface area contributed by atoms with Gasteiger partial charge in [0, 0.05) is 16.4 Å². The van der Waals surface area contributed by atoms with Crippen LogP contribution in [0.25, 0.3) is 11.0 Å². The van der Waals surface area contributed by atoms with Gasteiger partial charge in [-0.1, -0.05) is 46.8 Å². The van der Waals surface area contributed by atoms with Crippen LogP contribution in [0.4, 0.5) is 0 Å². The Bertz CT molecular complexity index is 538. The second-order valence-electron chi connectivity index (χ2n) is 6.25. The predicted molar refractivity (Wildman–Crippen MR) is 73.7 cm³/mol. The van der Waals surface area contributed by atoms with Crippen LogP contribution in [-0.2, 0) is 5.41 Å². The summed E-state index contributed by atoms with van der Waals surface area (Å²) in [5.74, 6) is 1.63. The first-order valence-corrected chi connectivity index (χ1v) is 6.34. The Labute approximate surface area is 104 Å². The van der Waals surface area contributed by atoms with E-state index in [0.29, 0.717) is 5.92 Å². The van der Waals surface area contributed by atoms with Crippen molar-refractivity contribution >= 4 is 11.0 Å². The Morgan fingerprint density at radius 3 is 2.29 bits per heavy atom. The summed E-state index contributed by atoms with van der Waals surface area (Å²) in [6.07, 6.45) is 0. The van der Waals surface area contributed by atoms with Crippen LogP contribution >= 0.6 is 0 Å². The molecule has 2 rings (SSSR count). The first kappa shape index (κ1) is 12.2. The van der Waals surface area contributed by atoms with Crippen molar-refractivity contribution in [3.05, 3.63) is 35.1 Å². The molecule has 0 atom stereocenters. The van der Waals surface area contributed by atoms with Crippen LogP contribution in [-0.4, -0.2) is 0 Å². The molecule has 0 aliphatic carbocycles. The first-order chi connectivity index (χ1) is 7.80. The highest BCUT2D eigenvalue weighted by Gasteiger charge is 2.26. The average molecular weight is 230 g/mol. The number of fused-ring (bicyclic) bond motifs is 1. The fourth-order valence-electron chi connectivity index (χ4n) is 2.35. The number of aryl methyl sites for hydroxylation is 1. The molecule has 0 aliphatic rings. The van der Waals surface area contributed by atoms with E-state index < -0.39 is 0 Å². The maximum Gasteiger partial charge on any atom is 0.134 e. The van der Waals surface area contributed by atoms with Gasteiger partial charge in [0.2, 0.25) is 0 Å². The van der Waals surface area contributed by atoms with Gasteiger partial charge >= 0.3 is 0 Å². The lowest BCUT2D eigenvalue weighted by molar-refractivity contribution is 0.421. The van der Waals surface area contributed by atoms with Gasteiger partial charge in [-0.15, -0.1) is 0 Å². The highest BCUT2D eigenvalue weighted by molar-refractivity contribution is 5.83. The number of benzene rings is 1. The number of rotatable bonds is 1. The molecule has 0 amide bonds. The topological polar surface area (TPSA) is 13.1 Å². The smallest absolute Gasteiger partial charge is 0.134 e. The normalized spacial score (nSPS) is 12.6. The molecule has 1 aromatic heterocycles. The van der Waals surface area contributed by atoms with Gasteiger partial charge in [-0.25, -0.2) is 0 Å². The van der Waals surface area contributed by atoms with Gasteiger partial charge < -0.3 is 4.42 Å². The SMILES string of the molecule is Cc1ccc2c(C(C)C)c(C(C)(C)C)oc2c1.